The van der Waals surface area contributed by atoms with Crippen molar-refractivity contribution in [2.24, 2.45) is 5.92 Å². The molecule has 1 fully saturated rings. The van der Waals surface area contributed by atoms with E-state index in [9.17, 15) is 14.0 Å². The summed E-state index contributed by atoms with van der Waals surface area (Å²) >= 11 is 0. The summed E-state index contributed by atoms with van der Waals surface area (Å²) in [7, 11) is 1.72. The number of nitrogens with zero attached hydrogens (tertiary/aromatic N) is 2. The molecule has 28 heavy (non-hydrogen) atoms. The zero-order valence-corrected chi connectivity index (χ0v) is 16.3. The quantitative estimate of drug-likeness (QED) is 0.866. The predicted octanol–water partition coefficient (Wildman–Crippen LogP) is 4.04. The second kappa shape index (κ2) is 8.87. The highest BCUT2D eigenvalue weighted by Gasteiger charge is 2.30. The summed E-state index contributed by atoms with van der Waals surface area (Å²) in [6.07, 6.45) is 1.53. The minimum Gasteiger partial charge on any atom is -0.341 e. The number of halogens is 1. The molecular formula is C22H26FN3O2. The maximum Gasteiger partial charge on any atom is 0.321 e. The molecule has 0 bridgehead atoms. The molecule has 1 saturated heterocycles. The molecule has 3 amide bonds. The van der Waals surface area contributed by atoms with E-state index in [-0.39, 0.29) is 23.7 Å². The number of amides is 3. The fourth-order valence-electron chi connectivity index (χ4n) is 3.59. The van der Waals surface area contributed by atoms with E-state index in [2.05, 4.69) is 5.32 Å². The lowest BCUT2D eigenvalue weighted by Gasteiger charge is -2.34. The number of carbonyl (C=O) groups is 2. The highest BCUT2D eigenvalue weighted by atomic mass is 19.1. The van der Waals surface area contributed by atoms with Crippen molar-refractivity contribution in [1.29, 1.82) is 0 Å². The van der Waals surface area contributed by atoms with Crippen molar-refractivity contribution in [2.75, 3.05) is 25.5 Å². The molecule has 0 spiro atoms. The SMILES string of the molecule is Cc1cccc(NC(=O)N2CCCC(C(=O)N(C)Cc3cccc(F)c3)C2)c1. The molecule has 0 saturated carbocycles. The van der Waals surface area contributed by atoms with Crippen molar-refractivity contribution in [1.82, 2.24) is 9.80 Å². The van der Waals surface area contributed by atoms with E-state index in [0.717, 1.165) is 29.7 Å². The Bertz CT molecular complexity index is 855. The van der Waals surface area contributed by atoms with Gasteiger partial charge in [0, 0.05) is 32.4 Å². The number of benzene rings is 2. The first-order chi connectivity index (χ1) is 13.4. The van der Waals surface area contributed by atoms with Crippen LogP contribution in [0.5, 0.6) is 0 Å². The number of likely N-dealkylation sites (tertiary alicyclic amines) is 1. The monoisotopic (exact) mass is 383 g/mol. The Labute approximate surface area is 165 Å². The molecule has 6 heteroatoms. The minimum absolute atomic E-state index is 0.0164. The van der Waals surface area contributed by atoms with Gasteiger partial charge in [-0.3, -0.25) is 4.79 Å². The second-order valence-electron chi connectivity index (χ2n) is 7.41. The summed E-state index contributed by atoms with van der Waals surface area (Å²) in [4.78, 5) is 28.7. The Kier molecular flexibility index (Phi) is 6.29. The Hall–Kier alpha value is -2.89. The van der Waals surface area contributed by atoms with Crippen LogP contribution < -0.4 is 5.32 Å². The lowest BCUT2D eigenvalue weighted by molar-refractivity contribution is -0.136. The number of urea groups is 1. The maximum atomic E-state index is 13.4. The Morgan fingerprint density at radius 1 is 1.21 bits per heavy atom. The molecule has 148 valence electrons. The fraction of sp³-hybridized carbons (Fsp3) is 0.364. The largest absolute Gasteiger partial charge is 0.341 e. The van der Waals surface area contributed by atoms with Gasteiger partial charge in [-0.05, 0) is 55.2 Å². The standard InChI is InChI=1S/C22H26FN3O2/c1-16-6-3-10-20(12-16)24-22(28)26-11-5-8-18(15-26)21(27)25(2)14-17-7-4-9-19(23)13-17/h3-4,6-7,9-10,12-13,18H,5,8,11,14-15H2,1-2H3,(H,24,28). The van der Waals surface area contributed by atoms with E-state index in [1.165, 1.54) is 12.1 Å². The van der Waals surface area contributed by atoms with Crippen LogP contribution in [0.3, 0.4) is 0 Å². The molecule has 1 aliphatic rings. The van der Waals surface area contributed by atoms with Crippen LogP contribution in [-0.4, -0.2) is 41.9 Å². The summed E-state index contributed by atoms with van der Waals surface area (Å²) in [6, 6.07) is 13.7. The van der Waals surface area contributed by atoms with Crippen molar-refractivity contribution < 1.29 is 14.0 Å². The number of aryl methyl sites for hydroxylation is 1. The Balaban J connectivity index is 1.58. The topological polar surface area (TPSA) is 52.7 Å². The van der Waals surface area contributed by atoms with Gasteiger partial charge in [0.25, 0.3) is 0 Å². The fourth-order valence-corrected chi connectivity index (χ4v) is 3.59. The third-order valence-electron chi connectivity index (χ3n) is 5.01. The first kappa shape index (κ1) is 19.9. The molecular weight excluding hydrogens is 357 g/mol. The Morgan fingerprint density at radius 2 is 2.00 bits per heavy atom. The number of carbonyl (C=O) groups excluding carboxylic acids is 2. The lowest BCUT2D eigenvalue weighted by Crippen LogP contribution is -2.47. The average Bonchev–Trinajstić information content (AvgIpc) is 2.67. The van der Waals surface area contributed by atoms with Crippen molar-refractivity contribution in [3.8, 4) is 0 Å². The zero-order valence-electron chi connectivity index (χ0n) is 16.3. The van der Waals surface area contributed by atoms with Gasteiger partial charge in [0.05, 0.1) is 5.92 Å². The van der Waals surface area contributed by atoms with Crippen LogP contribution in [0.25, 0.3) is 0 Å². The van der Waals surface area contributed by atoms with Gasteiger partial charge < -0.3 is 15.1 Å². The van der Waals surface area contributed by atoms with E-state index in [4.69, 9.17) is 0 Å². The summed E-state index contributed by atoms with van der Waals surface area (Å²) in [5.41, 5.74) is 2.57. The van der Waals surface area contributed by atoms with Gasteiger partial charge in [-0.1, -0.05) is 24.3 Å². The highest BCUT2D eigenvalue weighted by Crippen LogP contribution is 2.21. The number of hydrogen-bond donors (Lipinski definition) is 1. The third-order valence-corrected chi connectivity index (χ3v) is 5.01. The summed E-state index contributed by atoms with van der Waals surface area (Å²) in [5, 5.41) is 2.91. The smallest absolute Gasteiger partial charge is 0.321 e. The average molecular weight is 383 g/mol. The zero-order chi connectivity index (χ0) is 20.1. The van der Waals surface area contributed by atoms with Crippen molar-refractivity contribution >= 4 is 17.6 Å². The van der Waals surface area contributed by atoms with Crippen LogP contribution >= 0.6 is 0 Å². The van der Waals surface area contributed by atoms with Crippen LogP contribution in [0.1, 0.15) is 24.0 Å². The third kappa shape index (κ3) is 5.09. The van der Waals surface area contributed by atoms with Gasteiger partial charge in [0.15, 0.2) is 0 Å². The second-order valence-corrected chi connectivity index (χ2v) is 7.41. The first-order valence-electron chi connectivity index (χ1n) is 9.54. The maximum absolute atomic E-state index is 13.4. The molecule has 0 aliphatic carbocycles. The molecule has 2 aromatic carbocycles. The van der Waals surface area contributed by atoms with Gasteiger partial charge in [-0.15, -0.1) is 0 Å². The Morgan fingerprint density at radius 3 is 2.75 bits per heavy atom. The van der Waals surface area contributed by atoms with Gasteiger partial charge in [0.2, 0.25) is 5.91 Å². The molecule has 3 rings (SSSR count). The lowest BCUT2D eigenvalue weighted by atomic mass is 9.96. The van der Waals surface area contributed by atoms with Gasteiger partial charge in [0.1, 0.15) is 5.82 Å². The van der Waals surface area contributed by atoms with E-state index in [1.807, 2.05) is 31.2 Å². The van der Waals surface area contributed by atoms with Crippen LogP contribution in [0.2, 0.25) is 0 Å². The molecule has 1 heterocycles. The number of rotatable bonds is 4. The molecule has 1 N–H and O–H groups in total. The van der Waals surface area contributed by atoms with Crippen LogP contribution in [0, 0.1) is 18.7 Å². The van der Waals surface area contributed by atoms with Crippen LogP contribution in [0.15, 0.2) is 48.5 Å². The highest BCUT2D eigenvalue weighted by molar-refractivity contribution is 5.90. The van der Waals surface area contributed by atoms with Crippen molar-refractivity contribution in [3.63, 3.8) is 0 Å². The van der Waals surface area contributed by atoms with Crippen molar-refractivity contribution in [3.05, 3.63) is 65.5 Å². The molecule has 5 nitrogen and oxygen atoms in total. The normalized spacial score (nSPS) is 16.5. The summed E-state index contributed by atoms with van der Waals surface area (Å²) in [6.45, 7) is 3.35. The number of piperidine rings is 1. The predicted molar refractivity (Wildman–Crippen MR) is 107 cm³/mol. The van der Waals surface area contributed by atoms with Gasteiger partial charge >= 0.3 is 6.03 Å². The molecule has 2 aromatic rings. The van der Waals surface area contributed by atoms with Gasteiger partial charge in [-0.2, -0.15) is 0 Å². The van der Waals surface area contributed by atoms with Crippen LogP contribution in [0.4, 0.5) is 14.9 Å². The van der Waals surface area contributed by atoms with E-state index in [0.29, 0.717) is 19.6 Å². The number of anilines is 1. The van der Waals surface area contributed by atoms with E-state index >= 15 is 0 Å². The molecule has 0 radical (unpaired) electrons. The van der Waals surface area contributed by atoms with Crippen LogP contribution in [-0.2, 0) is 11.3 Å². The number of nitrogens with one attached hydrogen (secondary N) is 1. The molecule has 1 atom stereocenters. The molecule has 1 unspecified atom stereocenters. The first-order valence-corrected chi connectivity index (χ1v) is 9.54. The van der Waals surface area contributed by atoms with E-state index in [1.54, 1.807) is 29.0 Å². The van der Waals surface area contributed by atoms with E-state index < -0.39 is 0 Å². The van der Waals surface area contributed by atoms with Crippen molar-refractivity contribution in [2.45, 2.75) is 26.3 Å². The summed E-state index contributed by atoms with van der Waals surface area (Å²) < 4.78 is 13.4. The summed E-state index contributed by atoms with van der Waals surface area (Å²) in [5.74, 6) is -0.567. The van der Waals surface area contributed by atoms with Gasteiger partial charge in [-0.25, -0.2) is 9.18 Å². The number of hydrogen-bond acceptors (Lipinski definition) is 2. The molecule has 1 aliphatic heterocycles. The molecule has 0 aromatic heterocycles. The minimum atomic E-state index is -0.310.